The maximum absolute atomic E-state index is 6.28. The summed E-state index contributed by atoms with van der Waals surface area (Å²) < 4.78 is 12.3. The highest BCUT2D eigenvalue weighted by atomic mass is 35.5. The van der Waals surface area contributed by atoms with Crippen LogP contribution in [0.3, 0.4) is 0 Å². The second kappa shape index (κ2) is 6.40. The molecule has 0 spiro atoms. The van der Waals surface area contributed by atoms with Gasteiger partial charge < -0.3 is 20.4 Å². The zero-order chi connectivity index (χ0) is 18.4. The predicted molar refractivity (Wildman–Crippen MR) is 106 cm³/mol. The van der Waals surface area contributed by atoms with Crippen molar-refractivity contribution in [2.45, 2.75) is 38.9 Å². The molecule has 3 rings (SSSR count). The highest BCUT2D eigenvalue weighted by Crippen LogP contribution is 2.37. The van der Waals surface area contributed by atoms with Crippen LogP contribution in [0.1, 0.15) is 27.7 Å². The number of hydrogen-bond acceptors (Lipinski definition) is 4. The van der Waals surface area contributed by atoms with E-state index in [1.54, 1.807) is 12.1 Å². The number of benzene rings is 2. The Morgan fingerprint density at radius 3 is 2.12 bits per heavy atom. The molecule has 0 aliphatic carbocycles. The first kappa shape index (κ1) is 18.4. The summed E-state index contributed by atoms with van der Waals surface area (Å²) in [5.41, 5.74) is 8.15. The Labute approximate surface area is 158 Å². The summed E-state index contributed by atoms with van der Waals surface area (Å²) in [6, 6.07) is 10.9. The van der Waals surface area contributed by atoms with Crippen molar-refractivity contribution in [2.24, 2.45) is 0 Å². The Balaban J connectivity index is 1.97. The van der Waals surface area contributed by atoms with E-state index in [0.717, 1.165) is 16.8 Å². The van der Waals surface area contributed by atoms with Crippen LogP contribution in [-0.4, -0.2) is 18.3 Å². The summed E-state index contributed by atoms with van der Waals surface area (Å²) in [5.74, 6) is 0. The number of nitrogens with two attached hydrogens (primary N) is 1. The zero-order valence-electron chi connectivity index (χ0n) is 14.7. The smallest absolute Gasteiger partial charge is 0.399 e. The predicted octanol–water partition coefficient (Wildman–Crippen LogP) is 4.62. The van der Waals surface area contributed by atoms with Crippen LogP contribution < -0.4 is 16.5 Å². The molecule has 0 amide bonds. The summed E-state index contributed by atoms with van der Waals surface area (Å²) in [6.07, 6.45) is 0. The van der Waals surface area contributed by atoms with E-state index in [9.17, 15) is 0 Å². The van der Waals surface area contributed by atoms with Crippen molar-refractivity contribution in [2.75, 3.05) is 11.1 Å². The Bertz CT molecular complexity index is 796. The molecule has 0 aromatic heterocycles. The molecule has 1 fully saturated rings. The van der Waals surface area contributed by atoms with Gasteiger partial charge in [0.2, 0.25) is 0 Å². The molecule has 1 heterocycles. The molecule has 1 aliphatic rings. The molecule has 0 saturated carbocycles. The second-order valence-electron chi connectivity index (χ2n) is 7.18. The van der Waals surface area contributed by atoms with Gasteiger partial charge in [0.1, 0.15) is 0 Å². The van der Waals surface area contributed by atoms with Crippen molar-refractivity contribution in [3.63, 3.8) is 0 Å². The van der Waals surface area contributed by atoms with Gasteiger partial charge in [-0.3, -0.25) is 0 Å². The van der Waals surface area contributed by atoms with Crippen molar-refractivity contribution < 1.29 is 9.31 Å². The van der Waals surface area contributed by atoms with Gasteiger partial charge in [0.05, 0.1) is 21.9 Å². The van der Waals surface area contributed by atoms with Gasteiger partial charge in [0.15, 0.2) is 0 Å². The van der Waals surface area contributed by atoms with Crippen LogP contribution in [0.5, 0.6) is 0 Å². The van der Waals surface area contributed by atoms with E-state index < -0.39 is 18.3 Å². The second-order valence-corrected chi connectivity index (χ2v) is 8.03. The number of nitrogen functional groups attached to an aromatic ring is 1. The van der Waals surface area contributed by atoms with Crippen molar-refractivity contribution in [3.8, 4) is 0 Å². The normalized spacial score (nSPS) is 18.4. The fourth-order valence-corrected chi connectivity index (χ4v) is 3.05. The highest BCUT2D eigenvalue weighted by molar-refractivity contribution is 6.64. The minimum absolute atomic E-state index is 0.433. The molecule has 0 radical (unpaired) electrons. The molecule has 0 bridgehead atoms. The van der Waals surface area contributed by atoms with Gasteiger partial charge in [-0.25, -0.2) is 0 Å². The molecule has 2 aromatic carbocycles. The fraction of sp³-hybridized carbons (Fsp3) is 0.333. The van der Waals surface area contributed by atoms with Gasteiger partial charge in [0.25, 0.3) is 0 Å². The molecule has 0 atom stereocenters. The minimum atomic E-state index is -0.526. The third-order valence-electron chi connectivity index (χ3n) is 4.78. The Morgan fingerprint density at radius 2 is 1.52 bits per heavy atom. The lowest BCUT2D eigenvalue weighted by Gasteiger charge is -2.32. The van der Waals surface area contributed by atoms with E-state index in [-0.39, 0.29) is 0 Å². The van der Waals surface area contributed by atoms with Crippen LogP contribution in [0.2, 0.25) is 10.0 Å². The number of halogens is 2. The number of rotatable bonds is 3. The molecule has 7 heteroatoms. The molecule has 1 saturated heterocycles. The Hall–Kier alpha value is -1.40. The van der Waals surface area contributed by atoms with E-state index in [0.29, 0.717) is 15.7 Å². The average molecular weight is 379 g/mol. The van der Waals surface area contributed by atoms with Crippen molar-refractivity contribution in [1.82, 2.24) is 0 Å². The Morgan fingerprint density at radius 1 is 0.920 bits per heavy atom. The monoisotopic (exact) mass is 378 g/mol. The first-order chi connectivity index (χ1) is 11.6. The largest absolute Gasteiger partial charge is 0.497 e. The van der Waals surface area contributed by atoms with Crippen LogP contribution in [-0.2, 0) is 9.31 Å². The molecule has 4 nitrogen and oxygen atoms in total. The van der Waals surface area contributed by atoms with Gasteiger partial charge in [-0.05, 0) is 64.1 Å². The molecular formula is C18H21BCl2N2O2. The minimum Gasteiger partial charge on any atom is -0.399 e. The lowest BCUT2D eigenvalue weighted by molar-refractivity contribution is 0.00578. The van der Waals surface area contributed by atoms with Crippen molar-refractivity contribution in [1.29, 1.82) is 0 Å². The maximum Gasteiger partial charge on any atom is 0.497 e. The van der Waals surface area contributed by atoms with Gasteiger partial charge >= 0.3 is 7.12 Å². The lowest BCUT2D eigenvalue weighted by atomic mass is 9.77. The molecule has 25 heavy (non-hydrogen) atoms. The summed E-state index contributed by atoms with van der Waals surface area (Å²) in [6.45, 7) is 8.07. The third-order valence-corrected chi connectivity index (χ3v) is 5.33. The SMILES string of the molecule is CC1(C)OB(c2cc(N)ccc2Nc2ccc(Cl)cc2Cl)OC1(C)C. The van der Waals surface area contributed by atoms with E-state index in [1.165, 1.54) is 0 Å². The van der Waals surface area contributed by atoms with E-state index in [2.05, 4.69) is 5.32 Å². The van der Waals surface area contributed by atoms with Gasteiger partial charge in [-0.1, -0.05) is 23.2 Å². The highest BCUT2D eigenvalue weighted by Gasteiger charge is 2.52. The van der Waals surface area contributed by atoms with Gasteiger partial charge in [0, 0.05) is 21.9 Å². The van der Waals surface area contributed by atoms with Crippen LogP contribution in [0.15, 0.2) is 36.4 Å². The van der Waals surface area contributed by atoms with Crippen molar-refractivity contribution in [3.05, 3.63) is 46.4 Å². The van der Waals surface area contributed by atoms with Crippen LogP contribution >= 0.6 is 23.2 Å². The summed E-state index contributed by atoms with van der Waals surface area (Å²) in [5, 5.41) is 4.43. The third kappa shape index (κ3) is 3.60. The van der Waals surface area contributed by atoms with Crippen LogP contribution in [0.4, 0.5) is 17.1 Å². The van der Waals surface area contributed by atoms with E-state index in [4.69, 9.17) is 38.2 Å². The number of hydrogen-bond donors (Lipinski definition) is 2. The topological polar surface area (TPSA) is 56.5 Å². The number of anilines is 3. The summed E-state index contributed by atoms with van der Waals surface area (Å²) >= 11 is 12.2. The molecule has 132 valence electrons. The van der Waals surface area contributed by atoms with Crippen LogP contribution in [0.25, 0.3) is 0 Å². The van der Waals surface area contributed by atoms with E-state index >= 15 is 0 Å². The quantitative estimate of drug-likeness (QED) is 0.604. The van der Waals surface area contributed by atoms with Gasteiger partial charge in [-0.2, -0.15) is 0 Å². The standard InChI is InChI=1S/C18H21BCl2N2O2/c1-17(2)18(3,4)25-19(24-17)13-10-12(22)6-8-15(13)23-16-7-5-11(20)9-14(16)21/h5-10,23H,22H2,1-4H3. The molecule has 0 unspecified atom stereocenters. The average Bonchev–Trinajstić information content (AvgIpc) is 2.72. The molecular weight excluding hydrogens is 358 g/mol. The van der Waals surface area contributed by atoms with Crippen molar-refractivity contribution >= 4 is 52.8 Å². The zero-order valence-corrected chi connectivity index (χ0v) is 16.2. The summed E-state index contributed by atoms with van der Waals surface area (Å²) in [4.78, 5) is 0. The van der Waals surface area contributed by atoms with E-state index in [1.807, 2.05) is 52.0 Å². The first-order valence-electron chi connectivity index (χ1n) is 8.06. The Kier molecular flexibility index (Phi) is 4.71. The molecule has 1 aliphatic heterocycles. The van der Waals surface area contributed by atoms with Gasteiger partial charge in [-0.15, -0.1) is 0 Å². The fourth-order valence-electron chi connectivity index (χ4n) is 2.60. The molecule has 2 aromatic rings. The number of nitrogens with one attached hydrogen (secondary N) is 1. The molecule has 3 N–H and O–H groups in total. The maximum atomic E-state index is 6.28. The first-order valence-corrected chi connectivity index (χ1v) is 8.82. The summed E-state index contributed by atoms with van der Waals surface area (Å²) in [7, 11) is -0.526. The van der Waals surface area contributed by atoms with Crippen LogP contribution in [0, 0.1) is 0 Å². The lowest BCUT2D eigenvalue weighted by Crippen LogP contribution is -2.41.